The van der Waals surface area contributed by atoms with Crippen LogP contribution in [0.1, 0.15) is 25.8 Å². The van der Waals surface area contributed by atoms with Gasteiger partial charge in [0.2, 0.25) is 5.91 Å². The molecule has 1 saturated heterocycles. The molecule has 0 spiro atoms. The van der Waals surface area contributed by atoms with Crippen molar-refractivity contribution in [2.45, 2.75) is 26.3 Å². The van der Waals surface area contributed by atoms with E-state index in [1.807, 2.05) is 19.9 Å². The second-order valence-electron chi connectivity index (χ2n) is 5.79. The number of carbonyl (C=O) groups is 3. The van der Waals surface area contributed by atoms with Gasteiger partial charge in [-0.1, -0.05) is 13.8 Å². The summed E-state index contributed by atoms with van der Waals surface area (Å²) in [6.45, 7) is 3.58. The van der Waals surface area contributed by atoms with Gasteiger partial charge in [0.15, 0.2) is 0 Å². The zero-order valence-corrected chi connectivity index (χ0v) is 13.0. The predicted octanol–water partition coefficient (Wildman–Crippen LogP) is 1.46. The van der Waals surface area contributed by atoms with Gasteiger partial charge in [0.05, 0.1) is 11.6 Å². The Morgan fingerprint density at radius 3 is 2.57 bits per heavy atom. The largest absolute Gasteiger partial charge is 0.326 e. The number of nitrogens with zero attached hydrogens (tertiary/aromatic N) is 2. The number of rotatable bonds is 5. The van der Waals surface area contributed by atoms with E-state index in [-0.39, 0.29) is 18.4 Å². The highest BCUT2D eigenvalue weighted by Gasteiger charge is 2.38. The summed E-state index contributed by atoms with van der Waals surface area (Å²) in [6, 6.07) is 7.19. The van der Waals surface area contributed by atoms with Crippen LogP contribution in [0.25, 0.3) is 0 Å². The van der Waals surface area contributed by atoms with Crippen molar-refractivity contribution in [2.75, 3.05) is 11.9 Å². The molecule has 7 nitrogen and oxygen atoms in total. The zero-order valence-electron chi connectivity index (χ0n) is 13.0. The molecule has 4 amide bonds. The van der Waals surface area contributed by atoms with Crippen LogP contribution in [0.4, 0.5) is 10.5 Å². The van der Waals surface area contributed by atoms with Crippen molar-refractivity contribution in [3.63, 3.8) is 0 Å². The first-order valence-corrected chi connectivity index (χ1v) is 7.32. The molecule has 1 aliphatic rings. The Morgan fingerprint density at radius 2 is 2.00 bits per heavy atom. The lowest BCUT2D eigenvalue weighted by atomic mass is 10.0. The minimum absolute atomic E-state index is 0.261. The first kappa shape index (κ1) is 16.5. The summed E-state index contributed by atoms with van der Waals surface area (Å²) in [5.41, 5.74) is 0.980. The van der Waals surface area contributed by atoms with E-state index in [0.717, 1.165) is 4.90 Å². The van der Waals surface area contributed by atoms with Crippen molar-refractivity contribution >= 4 is 23.5 Å². The molecule has 0 saturated carbocycles. The number of benzene rings is 1. The van der Waals surface area contributed by atoms with Crippen molar-refractivity contribution in [3.8, 4) is 6.07 Å². The van der Waals surface area contributed by atoms with Gasteiger partial charge in [-0.2, -0.15) is 5.26 Å². The molecule has 0 radical (unpaired) electrons. The fourth-order valence-electron chi connectivity index (χ4n) is 2.33. The van der Waals surface area contributed by atoms with Gasteiger partial charge in [-0.3, -0.25) is 14.5 Å². The first-order chi connectivity index (χ1) is 10.9. The number of amides is 4. The topological polar surface area (TPSA) is 102 Å². The molecule has 1 fully saturated rings. The van der Waals surface area contributed by atoms with Gasteiger partial charge in [-0.15, -0.1) is 0 Å². The Kier molecular flexibility index (Phi) is 4.96. The van der Waals surface area contributed by atoms with E-state index in [1.54, 1.807) is 24.3 Å². The highest BCUT2D eigenvalue weighted by Crippen LogP contribution is 2.14. The van der Waals surface area contributed by atoms with Crippen LogP contribution in [0.3, 0.4) is 0 Å². The highest BCUT2D eigenvalue weighted by atomic mass is 16.2. The van der Waals surface area contributed by atoms with Crippen LogP contribution >= 0.6 is 0 Å². The normalized spacial score (nSPS) is 17.1. The second kappa shape index (κ2) is 6.92. The van der Waals surface area contributed by atoms with Crippen molar-refractivity contribution in [1.82, 2.24) is 10.2 Å². The fourth-order valence-corrected chi connectivity index (χ4v) is 2.33. The molecule has 1 atom stereocenters. The van der Waals surface area contributed by atoms with Gasteiger partial charge < -0.3 is 10.6 Å². The van der Waals surface area contributed by atoms with E-state index in [2.05, 4.69) is 10.6 Å². The minimum atomic E-state index is -0.565. The van der Waals surface area contributed by atoms with Crippen LogP contribution in [0.2, 0.25) is 0 Å². The van der Waals surface area contributed by atoms with Crippen LogP contribution in [0.5, 0.6) is 0 Å². The maximum absolute atomic E-state index is 12.1. The van der Waals surface area contributed by atoms with Crippen molar-refractivity contribution in [1.29, 1.82) is 5.26 Å². The van der Waals surface area contributed by atoms with Gasteiger partial charge in [0.1, 0.15) is 12.6 Å². The summed E-state index contributed by atoms with van der Waals surface area (Å²) < 4.78 is 0. The van der Waals surface area contributed by atoms with E-state index in [9.17, 15) is 14.4 Å². The third-order valence-electron chi connectivity index (χ3n) is 3.41. The average molecular weight is 314 g/mol. The van der Waals surface area contributed by atoms with Crippen molar-refractivity contribution in [2.24, 2.45) is 5.92 Å². The van der Waals surface area contributed by atoms with Crippen LogP contribution in [-0.4, -0.2) is 35.3 Å². The highest BCUT2D eigenvalue weighted by molar-refractivity contribution is 6.07. The van der Waals surface area contributed by atoms with Crippen LogP contribution in [0.15, 0.2) is 24.3 Å². The Labute approximate surface area is 134 Å². The molecule has 23 heavy (non-hydrogen) atoms. The zero-order chi connectivity index (χ0) is 17.0. The number of hydrogen-bond donors (Lipinski definition) is 2. The van der Waals surface area contributed by atoms with Gasteiger partial charge in [-0.25, -0.2) is 4.79 Å². The Bertz CT molecular complexity index is 661. The van der Waals surface area contributed by atoms with Gasteiger partial charge in [0, 0.05) is 5.69 Å². The maximum atomic E-state index is 12.1. The molecule has 0 aliphatic carbocycles. The lowest BCUT2D eigenvalue weighted by Crippen LogP contribution is -2.38. The molecule has 1 unspecified atom stereocenters. The average Bonchev–Trinajstić information content (AvgIpc) is 2.75. The number of urea groups is 1. The number of imide groups is 1. The van der Waals surface area contributed by atoms with Crippen LogP contribution in [0, 0.1) is 17.2 Å². The van der Waals surface area contributed by atoms with Crippen LogP contribution in [-0.2, 0) is 9.59 Å². The molecule has 0 aromatic heterocycles. The van der Waals surface area contributed by atoms with E-state index in [4.69, 9.17) is 5.26 Å². The molecule has 1 aliphatic heterocycles. The molecule has 0 bridgehead atoms. The quantitative estimate of drug-likeness (QED) is 0.803. The number of nitrogens with one attached hydrogen (secondary N) is 2. The lowest BCUT2D eigenvalue weighted by Gasteiger charge is -2.13. The Balaban J connectivity index is 1.95. The summed E-state index contributed by atoms with van der Waals surface area (Å²) in [5, 5.41) is 13.9. The van der Waals surface area contributed by atoms with Crippen molar-refractivity contribution in [3.05, 3.63) is 29.8 Å². The monoisotopic (exact) mass is 314 g/mol. The molecule has 7 heteroatoms. The molecule has 1 aromatic rings. The molecule has 120 valence electrons. The lowest BCUT2D eigenvalue weighted by molar-refractivity contribution is -0.131. The van der Waals surface area contributed by atoms with E-state index >= 15 is 0 Å². The molecule has 1 aromatic carbocycles. The molecular formula is C16H18N4O3. The standard InChI is InChI=1S/C16H18N4O3/c1-10(2)7-13-15(22)20(16(23)19-13)9-14(21)18-12-5-3-11(8-17)4-6-12/h3-6,10,13H,7,9H2,1-2H3,(H,18,21)(H,19,23). The van der Waals surface area contributed by atoms with Crippen LogP contribution < -0.4 is 10.6 Å². The molecule has 2 N–H and O–H groups in total. The number of carbonyl (C=O) groups excluding carboxylic acids is 3. The van der Waals surface area contributed by atoms with Crippen molar-refractivity contribution < 1.29 is 14.4 Å². The smallest absolute Gasteiger partial charge is 0.325 e. The maximum Gasteiger partial charge on any atom is 0.325 e. The van der Waals surface area contributed by atoms with E-state index < -0.39 is 18.0 Å². The third-order valence-corrected chi connectivity index (χ3v) is 3.41. The number of anilines is 1. The fraction of sp³-hybridized carbons (Fsp3) is 0.375. The number of hydrogen-bond acceptors (Lipinski definition) is 4. The molecule has 1 heterocycles. The summed E-state index contributed by atoms with van der Waals surface area (Å²) in [6.07, 6.45) is 0.540. The third kappa shape index (κ3) is 4.07. The Morgan fingerprint density at radius 1 is 1.35 bits per heavy atom. The van der Waals surface area contributed by atoms with E-state index in [1.165, 1.54) is 0 Å². The Hall–Kier alpha value is -2.88. The van der Waals surface area contributed by atoms with Gasteiger partial charge >= 0.3 is 6.03 Å². The predicted molar refractivity (Wildman–Crippen MR) is 83.3 cm³/mol. The summed E-state index contributed by atoms with van der Waals surface area (Å²) in [7, 11) is 0. The summed E-state index contributed by atoms with van der Waals surface area (Å²) in [5.74, 6) is -0.584. The second-order valence-corrected chi connectivity index (χ2v) is 5.79. The SMILES string of the molecule is CC(C)CC1NC(=O)N(CC(=O)Nc2ccc(C#N)cc2)C1=O. The summed E-state index contributed by atoms with van der Waals surface area (Å²) >= 11 is 0. The first-order valence-electron chi connectivity index (χ1n) is 7.32. The van der Waals surface area contributed by atoms with E-state index in [0.29, 0.717) is 17.7 Å². The number of nitriles is 1. The van der Waals surface area contributed by atoms with Gasteiger partial charge in [-0.05, 0) is 36.6 Å². The molecule has 2 rings (SSSR count). The molecular weight excluding hydrogens is 296 g/mol. The van der Waals surface area contributed by atoms with Gasteiger partial charge in [0.25, 0.3) is 5.91 Å². The summed E-state index contributed by atoms with van der Waals surface area (Å²) in [4.78, 5) is 36.9. The minimum Gasteiger partial charge on any atom is -0.326 e.